The molecule has 2 bridgehead atoms. The van der Waals surface area contributed by atoms with Crippen molar-refractivity contribution in [2.45, 2.75) is 33.6 Å². The van der Waals surface area contributed by atoms with Gasteiger partial charge >= 0.3 is 102 Å². The Hall–Kier alpha value is 1.33. The number of carbonyl (C=O) groups excluding carboxylic acids is 1. The summed E-state index contributed by atoms with van der Waals surface area (Å²) in [6, 6.07) is 0. The van der Waals surface area contributed by atoms with E-state index in [-0.39, 0.29) is 34.2 Å². The summed E-state index contributed by atoms with van der Waals surface area (Å²) in [4.78, 5) is 11.4. The zero-order valence-corrected chi connectivity index (χ0v) is 17.1. The van der Waals surface area contributed by atoms with Crippen molar-refractivity contribution in [3.05, 3.63) is 0 Å². The maximum Gasteiger partial charge on any atom is -0.153 e. The molecule has 2 unspecified atom stereocenters. The molecule has 0 aliphatic heterocycles. The standard InChI is InChI=1S/C11H17O2.H3P.H2S.Tl/c1-9(2)10(3)4-5-11(9,7-13)8(10)6-12;;;/h7-8H,4-6H2,1-3H3;1H3;1H2;/q-1;;;+1/p-1/t8-,10-,11?;;;/m0.../s1. The van der Waals surface area contributed by atoms with Gasteiger partial charge in [-0.1, -0.05) is 0 Å². The van der Waals surface area contributed by atoms with Crippen LogP contribution in [0.4, 0.5) is 0 Å². The van der Waals surface area contributed by atoms with Gasteiger partial charge in [-0.25, -0.2) is 0 Å². The Bertz CT molecular complexity index is 287. The fourth-order valence-electron chi connectivity index (χ4n) is 4.05. The Morgan fingerprint density at radius 3 is 2.31 bits per heavy atom. The van der Waals surface area contributed by atoms with E-state index < -0.39 is 0 Å². The van der Waals surface area contributed by atoms with Crippen LogP contribution in [0.25, 0.3) is 0 Å². The summed E-state index contributed by atoms with van der Waals surface area (Å²) in [5, 5.41) is 0. The van der Waals surface area contributed by atoms with Gasteiger partial charge in [-0.3, -0.25) is 0 Å². The van der Waals surface area contributed by atoms with Gasteiger partial charge in [0, 0.05) is 0 Å². The van der Waals surface area contributed by atoms with Crippen LogP contribution < -0.4 is 0 Å². The molecule has 16 heavy (non-hydrogen) atoms. The predicted octanol–water partition coefficient (Wildman–Crippen LogP) is 1.52. The van der Waals surface area contributed by atoms with Gasteiger partial charge in [-0.15, -0.1) is 0 Å². The van der Waals surface area contributed by atoms with E-state index in [2.05, 4.69) is 20.8 Å². The van der Waals surface area contributed by atoms with Crippen molar-refractivity contribution >= 4 is 55.9 Å². The van der Waals surface area contributed by atoms with E-state index in [0.717, 1.165) is 13.0 Å². The molecule has 3 aliphatic carbocycles. The van der Waals surface area contributed by atoms with E-state index in [4.69, 9.17) is 2.69 Å². The van der Waals surface area contributed by atoms with Crippen molar-refractivity contribution in [3.63, 3.8) is 0 Å². The van der Waals surface area contributed by atoms with E-state index >= 15 is 0 Å². The van der Waals surface area contributed by atoms with E-state index in [1.54, 1.807) is 0 Å². The molecule has 0 radical (unpaired) electrons. The average Bonchev–Trinajstić information content (AvgIpc) is 2.55. The minimum atomic E-state index is -0.0728. The van der Waals surface area contributed by atoms with Crippen LogP contribution in [-0.2, 0) is 21.0 Å². The van der Waals surface area contributed by atoms with Crippen LogP contribution in [0.3, 0.4) is 0 Å². The Kier molecular flexibility index (Phi) is 5.57. The fraction of sp³-hybridized carbons (Fsp3) is 0.909. The van der Waals surface area contributed by atoms with E-state index in [9.17, 15) is 4.79 Å². The monoisotopic (exact) mass is 453 g/mol. The molecule has 5 heteroatoms. The SMILES string of the molecule is CC1(C)C2(C=O)CC[C@@]1(C)[C@@H]2C[O][Tl].P.[SH-]. The molecule has 3 rings (SSSR count). The second kappa shape index (κ2) is 5.14. The van der Waals surface area contributed by atoms with Crippen LogP contribution >= 0.6 is 9.90 Å². The number of aldehydes is 1. The quantitative estimate of drug-likeness (QED) is 0.214. The number of thiol groups is 1. The molecule has 0 saturated heterocycles. The number of fused-ring (bicyclic) bond motifs is 1. The molecule has 0 N–H and O–H groups in total. The Labute approximate surface area is 125 Å². The predicted molar refractivity (Wildman–Crippen MR) is 74.7 cm³/mol. The molecule has 3 aliphatic rings. The molecule has 0 spiro atoms. The van der Waals surface area contributed by atoms with Crippen molar-refractivity contribution in [2.24, 2.45) is 22.2 Å². The van der Waals surface area contributed by atoms with Crippen LogP contribution in [0.15, 0.2) is 0 Å². The molecule has 92 valence electrons. The van der Waals surface area contributed by atoms with Crippen LogP contribution in [0.5, 0.6) is 0 Å². The van der Waals surface area contributed by atoms with Crippen LogP contribution in [0, 0.1) is 22.2 Å². The molecule has 3 saturated carbocycles. The molecular weight excluding hydrogens is 432 g/mol. The molecule has 0 aromatic rings. The molecule has 0 aromatic heterocycles. The minimum Gasteiger partial charge on any atom is -0.813 e. The Morgan fingerprint density at radius 1 is 1.38 bits per heavy atom. The number of carbonyl (C=O) groups is 1. The summed E-state index contributed by atoms with van der Waals surface area (Å²) < 4.78 is 5.42. The third-order valence-corrected chi connectivity index (χ3v) is 6.26. The van der Waals surface area contributed by atoms with Crippen molar-refractivity contribution in [1.82, 2.24) is 0 Å². The van der Waals surface area contributed by atoms with Crippen LogP contribution in [0.1, 0.15) is 33.6 Å². The summed E-state index contributed by atoms with van der Waals surface area (Å²) in [7, 11) is 0. The van der Waals surface area contributed by atoms with Gasteiger partial charge in [0.25, 0.3) is 0 Å². The summed E-state index contributed by atoms with van der Waals surface area (Å²) in [6.07, 6.45) is 3.48. The Balaban J connectivity index is 0.00000112. The topological polar surface area (TPSA) is 26.3 Å². The normalized spacial score (nSPS) is 42.5. The first-order chi connectivity index (χ1) is 6.46. The second-order valence-corrected chi connectivity index (χ2v) is 6.88. The molecular formula is C11H21O2PSTl-. The van der Waals surface area contributed by atoms with Crippen molar-refractivity contribution < 1.29 is 7.48 Å². The maximum atomic E-state index is 11.4. The molecule has 4 atom stereocenters. The van der Waals surface area contributed by atoms with Gasteiger partial charge in [0.05, 0.1) is 0 Å². The van der Waals surface area contributed by atoms with Crippen molar-refractivity contribution in [2.75, 3.05) is 6.61 Å². The first kappa shape index (κ1) is 17.3. The number of rotatable bonds is 3. The summed E-state index contributed by atoms with van der Waals surface area (Å²) in [6.45, 7) is 7.64. The van der Waals surface area contributed by atoms with Crippen molar-refractivity contribution in [3.8, 4) is 0 Å². The zero-order chi connectivity index (χ0) is 10.6. The van der Waals surface area contributed by atoms with Gasteiger partial charge in [0.2, 0.25) is 0 Å². The summed E-state index contributed by atoms with van der Waals surface area (Å²) in [5.41, 5.74) is 0.440. The van der Waals surface area contributed by atoms with Crippen molar-refractivity contribution in [1.29, 1.82) is 0 Å². The number of hydrogen-bond acceptors (Lipinski definition) is 3. The van der Waals surface area contributed by atoms with Gasteiger partial charge in [-0.2, -0.15) is 9.90 Å². The zero-order valence-electron chi connectivity index (χ0n) is 10.3. The molecule has 2 nitrogen and oxygen atoms in total. The van der Waals surface area contributed by atoms with Gasteiger partial charge in [0.1, 0.15) is 0 Å². The van der Waals surface area contributed by atoms with Gasteiger partial charge in [0.15, 0.2) is 0 Å². The maximum absolute atomic E-state index is 11.4. The Morgan fingerprint density at radius 2 is 1.94 bits per heavy atom. The fourth-order valence-corrected chi connectivity index (χ4v) is 4.80. The molecule has 0 heterocycles. The first-order valence-electron chi connectivity index (χ1n) is 5.24. The second-order valence-electron chi connectivity index (χ2n) is 5.59. The average molecular weight is 453 g/mol. The number of hydrogen-bond donors (Lipinski definition) is 0. The molecule has 0 amide bonds. The summed E-state index contributed by atoms with van der Waals surface area (Å²) in [5.74, 6) is 0.479. The first-order valence-corrected chi connectivity index (χ1v) is 7.07. The van der Waals surface area contributed by atoms with Crippen LogP contribution in [0.2, 0.25) is 0 Å². The van der Waals surface area contributed by atoms with E-state index in [1.807, 2.05) is 0 Å². The molecule has 0 aromatic carbocycles. The van der Waals surface area contributed by atoms with Gasteiger partial charge in [-0.05, 0) is 0 Å². The van der Waals surface area contributed by atoms with E-state index in [1.165, 1.54) is 12.7 Å². The third-order valence-electron chi connectivity index (χ3n) is 5.51. The largest absolute Gasteiger partial charge is 0.813 e. The van der Waals surface area contributed by atoms with Crippen LogP contribution in [-0.4, -0.2) is 39.1 Å². The molecule has 3 fully saturated rings. The smallest absolute Gasteiger partial charge is 0.153 e. The summed E-state index contributed by atoms with van der Waals surface area (Å²) >= 11 is 0.593. The minimum absolute atomic E-state index is 0. The van der Waals surface area contributed by atoms with E-state index in [0.29, 0.717) is 37.6 Å². The third kappa shape index (κ3) is 1.60. The van der Waals surface area contributed by atoms with Gasteiger partial charge < -0.3 is 13.5 Å².